The third-order valence-electron chi connectivity index (χ3n) is 5.13. The summed E-state index contributed by atoms with van der Waals surface area (Å²) < 4.78 is 26.8. The number of sulfonamides is 1. The van der Waals surface area contributed by atoms with Crippen LogP contribution in [0.4, 0.5) is 0 Å². The van der Waals surface area contributed by atoms with Gasteiger partial charge in [-0.1, -0.05) is 36.9 Å². The number of carbonyl (C=O) groups is 1. The van der Waals surface area contributed by atoms with Gasteiger partial charge in [0.2, 0.25) is 15.9 Å². The van der Waals surface area contributed by atoms with E-state index < -0.39 is 15.6 Å². The standard InChI is InChI=1S/C17H24ClN3O3S/c18-14-5-4-6-15(13-14)25(23,24)21-11-9-20(10-12-21)16(22)17(19)7-2-1-3-8-17/h4-6,13H,1-3,7-12,19H2. The molecule has 0 aromatic heterocycles. The van der Waals surface area contributed by atoms with E-state index in [1.54, 1.807) is 17.0 Å². The Morgan fingerprint density at radius 1 is 1.08 bits per heavy atom. The normalized spacial score (nSPS) is 21.9. The highest BCUT2D eigenvalue weighted by Crippen LogP contribution is 2.28. The van der Waals surface area contributed by atoms with Crippen molar-refractivity contribution in [2.24, 2.45) is 5.73 Å². The molecule has 1 aromatic rings. The van der Waals surface area contributed by atoms with Gasteiger partial charge in [0.15, 0.2) is 0 Å². The van der Waals surface area contributed by atoms with Gasteiger partial charge in [-0.3, -0.25) is 4.79 Å². The minimum Gasteiger partial charge on any atom is -0.338 e. The lowest BCUT2D eigenvalue weighted by molar-refractivity contribution is -0.139. The number of piperazine rings is 1. The third-order valence-corrected chi connectivity index (χ3v) is 7.26. The van der Waals surface area contributed by atoms with E-state index >= 15 is 0 Å². The molecule has 2 fully saturated rings. The Morgan fingerprint density at radius 2 is 1.72 bits per heavy atom. The SMILES string of the molecule is NC1(C(=O)N2CCN(S(=O)(=O)c3cccc(Cl)c3)CC2)CCCCC1. The fourth-order valence-corrected chi connectivity index (χ4v) is 5.34. The van der Waals surface area contributed by atoms with E-state index in [9.17, 15) is 13.2 Å². The number of halogens is 1. The van der Waals surface area contributed by atoms with Crippen LogP contribution >= 0.6 is 11.6 Å². The highest BCUT2D eigenvalue weighted by molar-refractivity contribution is 7.89. The Bertz CT molecular complexity index is 739. The summed E-state index contributed by atoms with van der Waals surface area (Å²) in [6.45, 7) is 1.29. The summed E-state index contributed by atoms with van der Waals surface area (Å²) in [5.41, 5.74) is 5.55. The third kappa shape index (κ3) is 3.84. The molecule has 6 nitrogen and oxygen atoms in total. The van der Waals surface area contributed by atoms with Crippen molar-refractivity contribution in [1.29, 1.82) is 0 Å². The van der Waals surface area contributed by atoms with Crippen molar-refractivity contribution in [3.05, 3.63) is 29.3 Å². The van der Waals surface area contributed by atoms with Crippen molar-refractivity contribution in [2.45, 2.75) is 42.5 Å². The van der Waals surface area contributed by atoms with E-state index in [4.69, 9.17) is 17.3 Å². The summed E-state index contributed by atoms with van der Waals surface area (Å²) in [5.74, 6) is -0.0352. The van der Waals surface area contributed by atoms with Gasteiger partial charge in [0, 0.05) is 31.2 Å². The zero-order valence-electron chi connectivity index (χ0n) is 14.2. The van der Waals surface area contributed by atoms with Gasteiger partial charge in [0.25, 0.3) is 0 Å². The van der Waals surface area contributed by atoms with Gasteiger partial charge in [0.1, 0.15) is 0 Å². The van der Waals surface area contributed by atoms with Crippen LogP contribution in [0.5, 0.6) is 0 Å². The molecule has 0 spiro atoms. The molecule has 2 N–H and O–H groups in total. The predicted octanol–water partition coefficient (Wildman–Crippen LogP) is 1.83. The average Bonchev–Trinajstić information content (AvgIpc) is 2.62. The number of amides is 1. The zero-order chi connectivity index (χ0) is 18.1. The molecule has 1 aromatic carbocycles. The monoisotopic (exact) mass is 385 g/mol. The van der Waals surface area contributed by atoms with Gasteiger partial charge < -0.3 is 10.6 Å². The zero-order valence-corrected chi connectivity index (χ0v) is 15.7. The maximum atomic E-state index is 12.8. The molecule has 8 heteroatoms. The lowest BCUT2D eigenvalue weighted by Crippen LogP contribution is -2.60. The highest BCUT2D eigenvalue weighted by atomic mass is 35.5. The van der Waals surface area contributed by atoms with E-state index in [-0.39, 0.29) is 23.9 Å². The van der Waals surface area contributed by atoms with E-state index in [1.807, 2.05) is 0 Å². The van der Waals surface area contributed by atoms with Gasteiger partial charge >= 0.3 is 0 Å². The molecular formula is C17H24ClN3O3S. The molecule has 2 aliphatic rings. The first kappa shape index (κ1) is 18.6. The molecule has 0 radical (unpaired) electrons. The maximum Gasteiger partial charge on any atom is 0.243 e. The molecule has 1 aliphatic heterocycles. The quantitative estimate of drug-likeness (QED) is 0.860. The second-order valence-corrected chi connectivity index (χ2v) is 9.24. The molecule has 0 unspecified atom stereocenters. The van der Waals surface area contributed by atoms with Gasteiger partial charge in [-0.15, -0.1) is 0 Å². The van der Waals surface area contributed by atoms with Gasteiger partial charge in [-0.05, 0) is 31.0 Å². The summed E-state index contributed by atoms with van der Waals surface area (Å²) in [7, 11) is -3.59. The van der Waals surface area contributed by atoms with Crippen LogP contribution < -0.4 is 5.73 Å². The topological polar surface area (TPSA) is 83.7 Å². The number of benzene rings is 1. The Hall–Kier alpha value is -1.15. The molecule has 0 bridgehead atoms. The Labute approximate surface area is 154 Å². The van der Waals surface area contributed by atoms with E-state index in [2.05, 4.69) is 0 Å². The summed E-state index contributed by atoms with van der Waals surface area (Å²) >= 11 is 5.91. The first-order chi connectivity index (χ1) is 11.8. The largest absolute Gasteiger partial charge is 0.338 e. The van der Waals surface area contributed by atoms with Crippen LogP contribution in [0.25, 0.3) is 0 Å². The summed E-state index contributed by atoms with van der Waals surface area (Å²) in [6.07, 6.45) is 4.51. The summed E-state index contributed by atoms with van der Waals surface area (Å²) in [4.78, 5) is 14.7. The molecule has 138 valence electrons. The fraction of sp³-hybridized carbons (Fsp3) is 0.588. The van der Waals surface area contributed by atoms with Gasteiger partial charge in [0.05, 0.1) is 10.4 Å². The molecule has 1 aliphatic carbocycles. The van der Waals surface area contributed by atoms with Crippen molar-refractivity contribution in [3.8, 4) is 0 Å². The van der Waals surface area contributed by atoms with Crippen LogP contribution in [0.2, 0.25) is 5.02 Å². The molecule has 3 rings (SSSR count). The lowest BCUT2D eigenvalue weighted by atomic mass is 9.81. The Balaban J connectivity index is 1.66. The van der Waals surface area contributed by atoms with Crippen molar-refractivity contribution in [1.82, 2.24) is 9.21 Å². The molecule has 1 saturated heterocycles. The van der Waals surface area contributed by atoms with Crippen LogP contribution in [0.1, 0.15) is 32.1 Å². The van der Waals surface area contributed by atoms with Gasteiger partial charge in [-0.2, -0.15) is 4.31 Å². The van der Waals surface area contributed by atoms with Crippen LogP contribution in [0, 0.1) is 0 Å². The summed E-state index contributed by atoms with van der Waals surface area (Å²) in [6, 6.07) is 6.25. The number of nitrogens with zero attached hydrogens (tertiary/aromatic N) is 2. The number of hydrogen-bond donors (Lipinski definition) is 1. The molecule has 25 heavy (non-hydrogen) atoms. The van der Waals surface area contributed by atoms with Crippen molar-refractivity contribution in [2.75, 3.05) is 26.2 Å². The van der Waals surface area contributed by atoms with Crippen LogP contribution in [0.15, 0.2) is 29.2 Å². The molecule has 0 atom stereocenters. The van der Waals surface area contributed by atoms with Crippen molar-refractivity contribution in [3.63, 3.8) is 0 Å². The average molecular weight is 386 g/mol. The minimum absolute atomic E-state index is 0.0352. The Kier molecular flexibility index (Phi) is 5.39. The number of hydrogen-bond acceptors (Lipinski definition) is 4. The Morgan fingerprint density at radius 3 is 2.32 bits per heavy atom. The van der Waals surface area contributed by atoms with Crippen LogP contribution in [-0.2, 0) is 14.8 Å². The number of carbonyl (C=O) groups excluding carboxylic acids is 1. The molecule has 1 amide bonds. The second kappa shape index (κ2) is 7.23. The maximum absolute atomic E-state index is 12.8. The fourth-order valence-electron chi connectivity index (χ4n) is 3.62. The molecule has 1 heterocycles. The first-order valence-corrected chi connectivity index (χ1v) is 10.5. The number of nitrogens with two attached hydrogens (primary N) is 1. The highest BCUT2D eigenvalue weighted by Gasteiger charge is 2.40. The first-order valence-electron chi connectivity index (χ1n) is 8.67. The van der Waals surface area contributed by atoms with E-state index in [0.717, 1.165) is 19.3 Å². The summed E-state index contributed by atoms with van der Waals surface area (Å²) in [5, 5.41) is 0.386. The molecule has 1 saturated carbocycles. The van der Waals surface area contributed by atoms with Crippen molar-refractivity contribution < 1.29 is 13.2 Å². The smallest absolute Gasteiger partial charge is 0.243 e. The van der Waals surface area contributed by atoms with Gasteiger partial charge in [-0.25, -0.2) is 8.42 Å². The number of rotatable bonds is 3. The van der Waals surface area contributed by atoms with E-state index in [0.29, 0.717) is 31.0 Å². The lowest BCUT2D eigenvalue weighted by Gasteiger charge is -2.40. The predicted molar refractivity (Wildman–Crippen MR) is 96.8 cm³/mol. The second-order valence-electron chi connectivity index (χ2n) is 6.87. The van der Waals surface area contributed by atoms with Crippen molar-refractivity contribution >= 4 is 27.5 Å². The van der Waals surface area contributed by atoms with Crippen LogP contribution in [0.3, 0.4) is 0 Å². The minimum atomic E-state index is -3.59. The van der Waals surface area contributed by atoms with Crippen LogP contribution in [-0.4, -0.2) is 55.2 Å². The van der Waals surface area contributed by atoms with E-state index in [1.165, 1.54) is 16.4 Å². The molecular weight excluding hydrogens is 362 g/mol.